The van der Waals surface area contributed by atoms with E-state index in [2.05, 4.69) is 49.8 Å². The zero-order chi connectivity index (χ0) is 19.9. The first-order valence-electron chi connectivity index (χ1n) is 10.0. The van der Waals surface area contributed by atoms with Gasteiger partial charge >= 0.3 is 6.03 Å². The lowest BCUT2D eigenvalue weighted by atomic mass is 10.1. The number of anilines is 1. The second kappa shape index (κ2) is 9.23. The van der Waals surface area contributed by atoms with Gasteiger partial charge in [0.2, 0.25) is 0 Å². The molecule has 0 aliphatic carbocycles. The van der Waals surface area contributed by atoms with Crippen LogP contribution in [0.5, 0.6) is 0 Å². The number of nitrogens with one attached hydrogen (secondary N) is 2. The molecule has 0 atom stereocenters. The Kier molecular flexibility index (Phi) is 6.04. The van der Waals surface area contributed by atoms with Crippen molar-refractivity contribution in [1.82, 2.24) is 25.2 Å². The molecule has 7 nitrogen and oxygen atoms in total. The zero-order valence-electron chi connectivity index (χ0n) is 16.4. The Morgan fingerprint density at radius 3 is 2.52 bits per heavy atom. The maximum absolute atomic E-state index is 12.3. The molecule has 2 amide bonds. The Labute approximate surface area is 170 Å². The van der Waals surface area contributed by atoms with Gasteiger partial charge in [0.15, 0.2) is 0 Å². The lowest BCUT2D eigenvalue weighted by Gasteiger charge is -2.33. The minimum atomic E-state index is -0.108. The third kappa shape index (κ3) is 5.34. The Morgan fingerprint density at radius 2 is 1.83 bits per heavy atom. The molecule has 7 heteroatoms. The summed E-state index contributed by atoms with van der Waals surface area (Å²) in [5, 5.41) is 6.06. The summed E-state index contributed by atoms with van der Waals surface area (Å²) in [6.45, 7) is 3.12. The number of hydrogen-bond acceptors (Lipinski definition) is 4. The van der Waals surface area contributed by atoms with Crippen LogP contribution in [0.25, 0.3) is 0 Å². The molecule has 1 aromatic carbocycles. The van der Waals surface area contributed by atoms with Crippen LogP contribution in [0.3, 0.4) is 0 Å². The van der Waals surface area contributed by atoms with Crippen LogP contribution in [0.15, 0.2) is 67.4 Å². The van der Waals surface area contributed by atoms with Gasteiger partial charge in [0.05, 0.1) is 6.33 Å². The van der Waals surface area contributed by atoms with Crippen LogP contribution in [0, 0.1) is 0 Å². The molecule has 4 rings (SSSR count). The first kappa shape index (κ1) is 19.0. The summed E-state index contributed by atoms with van der Waals surface area (Å²) in [6.07, 6.45) is 9.19. The molecule has 0 unspecified atom stereocenters. The second-order valence-corrected chi connectivity index (χ2v) is 7.33. The summed E-state index contributed by atoms with van der Waals surface area (Å²) in [6, 6.07) is 14.3. The van der Waals surface area contributed by atoms with Gasteiger partial charge in [-0.15, -0.1) is 0 Å². The van der Waals surface area contributed by atoms with Crippen LogP contribution in [0.2, 0.25) is 0 Å². The van der Waals surface area contributed by atoms with E-state index in [-0.39, 0.29) is 12.1 Å². The molecule has 2 N–H and O–H groups in total. The van der Waals surface area contributed by atoms with Gasteiger partial charge in [0.1, 0.15) is 5.82 Å². The number of urea groups is 1. The smallest absolute Gasteiger partial charge is 0.315 e. The van der Waals surface area contributed by atoms with Crippen LogP contribution in [0.1, 0.15) is 24.0 Å². The highest BCUT2D eigenvalue weighted by Gasteiger charge is 2.21. The van der Waals surface area contributed by atoms with Crippen molar-refractivity contribution in [1.29, 1.82) is 0 Å². The molecule has 3 aromatic rings. The average Bonchev–Trinajstić information content (AvgIpc) is 3.27. The summed E-state index contributed by atoms with van der Waals surface area (Å²) >= 11 is 0. The van der Waals surface area contributed by atoms with Gasteiger partial charge in [-0.2, -0.15) is 0 Å². The standard InChI is InChI=1S/C22H26N6O/c29-22(26-20-8-12-28(13-9-20)21-3-1-2-10-24-21)25-15-18-4-6-19(7-5-18)16-27-14-11-23-17-27/h1-7,10-11,14,17,20H,8-9,12-13,15-16H2,(H2,25,26,29). The van der Waals surface area contributed by atoms with Gasteiger partial charge in [0, 0.05) is 50.8 Å². The van der Waals surface area contributed by atoms with E-state index < -0.39 is 0 Å². The molecular weight excluding hydrogens is 364 g/mol. The number of nitrogens with zero attached hydrogens (tertiary/aromatic N) is 4. The van der Waals surface area contributed by atoms with Crippen molar-refractivity contribution in [3.63, 3.8) is 0 Å². The van der Waals surface area contributed by atoms with Crippen LogP contribution in [0.4, 0.5) is 10.6 Å². The second-order valence-electron chi connectivity index (χ2n) is 7.33. The van der Waals surface area contributed by atoms with E-state index in [9.17, 15) is 4.79 Å². The number of carbonyl (C=O) groups excluding carboxylic acids is 1. The largest absolute Gasteiger partial charge is 0.356 e. The number of rotatable bonds is 6. The molecule has 29 heavy (non-hydrogen) atoms. The molecule has 1 fully saturated rings. The van der Waals surface area contributed by atoms with E-state index in [0.29, 0.717) is 6.54 Å². The zero-order valence-corrected chi connectivity index (χ0v) is 16.4. The normalized spacial score (nSPS) is 14.6. The Morgan fingerprint density at radius 1 is 1.03 bits per heavy atom. The van der Waals surface area contributed by atoms with Crippen molar-refractivity contribution < 1.29 is 4.79 Å². The summed E-state index contributed by atoms with van der Waals surface area (Å²) in [4.78, 5) is 23.0. The number of amides is 2. The van der Waals surface area contributed by atoms with Gasteiger partial charge in [-0.3, -0.25) is 0 Å². The number of carbonyl (C=O) groups is 1. The number of pyridine rings is 1. The van der Waals surface area contributed by atoms with E-state index in [0.717, 1.165) is 43.9 Å². The molecule has 1 aliphatic rings. The molecule has 1 saturated heterocycles. The molecule has 0 bridgehead atoms. The summed E-state index contributed by atoms with van der Waals surface area (Å²) in [7, 11) is 0. The van der Waals surface area contributed by atoms with Crippen molar-refractivity contribution in [3.05, 3.63) is 78.5 Å². The molecular formula is C22H26N6O. The van der Waals surface area contributed by atoms with Crippen molar-refractivity contribution in [2.24, 2.45) is 0 Å². The molecule has 0 spiro atoms. The lowest BCUT2D eigenvalue weighted by molar-refractivity contribution is 0.234. The van der Waals surface area contributed by atoms with Crippen LogP contribution in [-0.2, 0) is 13.1 Å². The lowest BCUT2D eigenvalue weighted by Crippen LogP contribution is -2.47. The van der Waals surface area contributed by atoms with E-state index in [1.54, 1.807) is 12.5 Å². The van der Waals surface area contributed by atoms with E-state index in [4.69, 9.17) is 0 Å². The Balaban J connectivity index is 1.18. The summed E-state index contributed by atoms with van der Waals surface area (Å²) in [5.41, 5.74) is 2.29. The Bertz CT molecular complexity index is 887. The first-order valence-corrected chi connectivity index (χ1v) is 10.0. The predicted molar refractivity (Wildman–Crippen MR) is 113 cm³/mol. The molecule has 150 valence electrons. The van der Waals surface area contributed by atoms with Gasteiger partial charge in [-0.05, 0) is 36.1 Å². The molecule has 3 heterocycles. The fourth-order valence-corrected chi connectivity index (χ4v) is 3.57. The number of aromatic nitrogens is 3. The minimum Gasteiger partial charge on any atom is -0.356 e. The van der Waals surface area contributed by atoms with E-state index >= 15 is 0 Å². The van der Waals surface area contributed by atoms with Gasteiger partial charge in [-0.1, -0.05) is 30.3 Å². The molecule has 1 aliphatic heterocycles. The summed E-state index contributed by atoms with van der Waals surface area (Å²) < 4.78 is 2.03. The van der Waals surface area contributed by atoms with Crippen LogP contribution < -0.4 is 15.5 Å². The van der Waals surface area contributed by atoms with Crippen molar-refractivity contribution >= 4 is 11.8 Å². The minimum absolute atomic E-state index is 0.108. The quantitative estimate of drug-likeness (QED) is 0.679. The van der Waals surface area contributed by atoms with Gasteiger partial charge < -0.3 is 20.1 Å². The fraction of sp³-hybridized carbons (Fsp3) is 0.318. The molecule has 0 saturated carbocycles. The van der Waals surface area contributed by atoms with Gasteiger partial charge in [0.25, 0.3) is 0 Å². The van der Waals surface area contributed by atoms with Crippen molar-refractivity contribution in [3.8, 4) is 0 Å². The number of benzene rings is 1. The highest BCUT2D eigenvalue weighted by atomic mass is 16.2. The molecule has 0 radical (unpaired) electrons. The average molecular weight is 390 g/mol. The van der Waals surface area contributed by atoms with Crippen LogP contribution in [-0.4, -0.2) is 39.7 Å². The first-order chi connectivity index (χ1) is 14.3. The van der Waals surface area contributed by atoms with E-state index in [1.165, 1.54) is 5.56 Å². The monoisotopic (exact) mass is 390 g/mol. The summed E-state index contributed by atoms with van der Waals surface area (Å²) in [5.74, 6) is 1.01. The van der Waals surface area contributed by atoms with E-state index in [1.807, 2.05) is 35.2 Å². The number of piperidine rings is 1. The van der Waals surface area contributed by atoms with Crippen molar-refractivity contribution in [2.75, 3.05) is 18.0 Å². The maximum atomic E-state index is 12.3. The van der Waals surface area contributed by atoms with Gasteiger partial charge in [-0.25, -0.2) is 14.8 Å². The third-order valence-corrected chi connectivity index (χ3v) is 5.20. The number of hydrogen-bond donors (Lipinski definition) is 2. The Hall–Kier alpha value is -3.35. The highest BCUT2D eigenvalue weighted by molar-refractivity contribution is 5.74. The maximum Gasteiger partial charge on any atom is 0.315 e. The van der Waals surface area contributed by atoms with Crippen LogP contribution >= 0.6 is 0 Å². The predicted octanol–water partition coefficient (Wildman–Crippen LogP) is 2.79. The topological polar surface area (TPSA) is 75.1 Å². The third-order valence-electron chi connectivity index (χ3n) is 5.20. The van der Waals surface area contributed by atoms with Crippen molar-refractivity contribution in [2.45, 2.75) is 32.0 Å². The fourth-order valence-electron chi connectivity index (χ4n) is 3.57. The molecule has 2 aromatic heterocycles. The SMILES string of the molecule is O=C(NCc1ccc(Cn2ccnc2)cc1)NC1CCN(c2ccccn2)CC1. The number of imidazole rings is 1. The highest BCUT2D eigenvalue weighted by Crippen LogP contribution is 2.17.